The maximum absolute atomic E-state index is 12.1. The first-order valence-corrected chi connectivity index (χ1v) is 6.39. The molecule has 2 aromatic rings. The molecule has 0 saturated heterocycles. The summed E-state index contributed by atoms with van der Waals surface area (Å²) in [6.07, 6.45) is 3.81. The van der Waals surface area contributed by atoms with E-state index in [0.717, 1.165) is 25.2 Å². The predicted octanol–water partition coefficient (Wildman–Crippen LogP) is 2.52. The third kappa shape index (κ3) is 3.34. The highest BCUT2D eigenvalue weighted by molar-refractivity contribution is 6.03. The molecule has 0 spiro atoms. The van der Waals surface area contributed by atoms with Gasteiger partial charge in [0, 0.05) is 23.9 Å². The normalized spacial score (nSPS) is 10.4. The van der Waals surface area contributed by atoms with Crippen molar-refractivity contribution in [2.75, 3.05) is 11.1 Å². The van der Waals surface area contributed by atoms with Crippen LogP contribution in [0.1, 0.15) is 30.1 Å². The second-order valence-corrected chi connectivity index (χ2v) is 4.37. The van der Waals surface area contributed by atoms with Crippen LogP contribution in [0.5, 0.6) is 0 Å². The molecule has 0 fully saturated rings. The van der Waals surface area contributed by atoms with Gasteiger partial charge in [-0.2, -0.15) is 5.10 Å². The lowest BCUT2D eigenvalue weighted by atomic mass is 10.2. The number of unbranched alkanes of at least 4 members (excludes halogenated alkanes) is 1. The Morgan fingerprint density at radius 1 is 1.32 bits per heavy atom. The van der Waals surface area contributed by atoms with E-state index in [1.165, 1.54) is 0 Å². The number of carbonyl (C=O) groups is 1. The number of carbonyl (C=O) groups excluding carboxylic acids is 1. The van der Waals surface area contributed by atoms with Crippen LogP contribution in [0, 0.1) is 0 Å². The molecule has 2 rings (SSSR count). The molecule has 1 heterocycles. The van der Waals surface area contributed by atoms with Crippen LogP contribution in [-0.4, -0.2) is 15.7 Å². The fourth-order valence-electron chi connectivity index (χ4n) is 1.75. The maximum Gasteiger partial charge on any atom is 0.256 e. The molecule has 19 heavy (non-hydrogen) atoms. The number of hydrogen-bond acceptors (Lipinski definition) is 3. The van der Waals surface area contributed by atoms with Gasteiger partial charge < -0.3 is 11.1 Å². The minimum atomic E-state index is -0.154. The van der Waals surface area contributed by atoms with Crippen LogP contribution < -0.4 is 11.1 Å². The minimum Gasteiger partial charge on any atom is -0.399 e. The van der Waals surface area contributed by atoms with E-state index in [1.54, 1.807) is 41.2 Å². The molecule has 0 bridgehead atoms. The number of nitrogens with one attached hydrogen (secondary N) is 1. The lowest BCUT2D eigenvalue weighted by molar-refractivity contribution is 0.102. The highest BCUT2D eigenvalue weighted by Gasteiger charge is 2.09. The molecule has 0 aliphatic rings. The number of rotatable bonds is 5. The van der Waals surface area contributed by atoms with Crippen molar-refractivity contribution in [1.29, 1.82) is 0 Å². The second kappa shape index (κ2) is 6.04. The van der Waals surface area contributed by atoms with Gasteiger partial charge in [-0.1, -0.05) is 13.3 Å². The van der Waals surface area contributed by atoms with Crippen molar-refractivity contribution < 1.29 is 4.79 Å². The topological polar surface area (TPSA) is 72.9 Å². The van der Waals surface area contributed by atoms with E-state index in [-0.39, 0.29) is 5.91 Å². The standard InChI is InChI=1S/C14H18N4O/c1-2-3-10-18-13(8-9-16-18)17-14(19)11-4-6-12(15)7-5-11/h4-9H,2-3,10,15H2,1H3,(H,17,19). The van der Waals surface area contributed by atoms with E-state index >= 15 is 0 Å². The summed E-state index contributed by atoms with van der Waals surface area (Å²) in [6, 6.07) is 8.63. The van der Waals surface area contributed by atoms with E-state index in [4.69, 9.17) is 5.73 Å². The molecule has 0 unspecified atom stereocenters. The molecular weight excluding hydrogens is 240 g/mol. The predicted molar refractivity (Wildman–Crippen MR) is 75.9 cm³/mol. The molecule has 0 aliphatic heterocycles. The van der Waals surface area contributed by atoms with Gasteiger partial charge in [0.05, 0.1) is 6.20 Å². The summed E-state index contributed by atoms with van der Waals surface area (Å²) in [5.41, 5.74) is 6.82. The molecule has 0 saturated carbocycles. The number of anilines is 2. The molecule has 3 N–H and O–H groups in total. The number of hydrogen-bond donors (Lipinski definition) is 2. The van der Waals surface area contributed by atoms with Gasteiger partial charge in [0.15, 0.2) is 0 Å². The van der Waals surface area contributed by atoms with E-state index in [1.807, 2.05) is 0 Å². The molecule has 1 aromatic heterocycles. The lowest BCUT2D eigenvalue weighted by Crippen LogP contribution is -2.15. The summed E-state index contributed by atoms with van der Waals surface area (Å²) in [5.74, 6) is 0.563. The Morgan fingerprint density at radius 2 is 2.05 bits per heavy atom. The van der Waals surface area contributed by atoms with E-state index < -0.39 is 0 Å². The van der Waals surface area contributed by atoms with Crippen molar-refractivity contribution >= 4 is 17.4 Å². The first-order valence-electron chi connectivity index (χ1n) is 6.39. The summed E-state index contributed by atoms with van der Waals surface area (Å²) >= 11 is 0. The van der Waals surface area contributed by atoms with Crippen LogP contribution >= 0.6 is 0 Å². The number of aromatic nitrogens is 2. The summed E-state index contributed by atoms with van der Waals surface area (Å²) in [5, 5.41) is 7.05. The van der Waals surface area contributed by atoms with Crippen molar-refractivity contribution in [3.8, 4) is 0 Å². The molecular formula is C14H18N4O. The molecule has 1 aromatic carbocycles. The molecule has 0 radical (unpaired) electrons. The summed E-state index contributed by atoms with van der Waals surface area (Å²) in [4.78, 5) is 12.1. The highest BCUT2D eigenvalue weighted by atomic mass is 16.1. The number of benzene rings is 1. The Balaban J connectivity index is 2.06. The van der Waals surface area contributed by atoms with Crippen LogP contribution in [0.25, 0.3) is 0 Å². The number of aryl methyl sites for hydroxylation is 1. The average molecular weight is 258 g/mol. The SMILES string of the molecule is CCCCn1nccc1NC(=O)c1ccc(N)cc1. The Kier molecular flexibility index (Phi) is 4.18. The largest absolute Gasteiger partial charge is 0.399 e. The van der Waals surface area contributed by atoms with Gasteiger partial charge in [0.1, 0.15) is 5.82 Å². The van der Waals surface area contributed by atoms with Crippen LogP contribution in [0.4, 0.5) is 11.5 Å². The van der Waals surface area contributed by atoms with Crippen molar-refractivity contribution in [2.24, 2.45) is 0 Å². The average Bonchev–Trinajstić information content (AvgIpc) is 2.84. The van der Waals surface area contributed by atoms with Gasteiger partial charge in [0.25, 0.3) is 5.91 Å². The first kappa shape index (κ1) is 13.1. The lowest BCUT2D eigenvalue weighted by Gasteiger charge is -2.08. The number of amides is 1. The zero-order chi connectivity index (χ0) is 13.7. The highest BCUT2D eigenvalue weighted by Crippen LogP contribution is 2.11. The molecule has 5 nitrogen and oxygen atoms in total. The van der Waals surface area contributed by atoms with E-state index in [9.17, 15) is 4.79 Å². The van der Waals surface area contributed by atoms with Crippen LogP contribution in [0.2, 0.25) is 0 Å². The summed E-state index contributed by atoms with van der Waals surface area (Å²) < 4.78 is 1.80. The van der Waals surface area contributed by atoms with E-state index in [0.29, 0.717) is 11.3 Å². The molecule has 100 valence electrons. The summed E-state index contributed by atoms with van der Waals surface area (Å²) in [7, 11) is 0. The van der Waals surface area contributed by atoms with Crippen molar-refractivity contribution in [1.82, 2.24) is 9.78 Å². The number of nitrogens with two attached hydrogens (primary N) is 1. The van der Waals surface area contributed by atoms with Crippen molar-refractivity contribution in [3.63, 3.8) is 0 Å². The Bertz CT molecular complexity index is 545. The smallest absolute Gasteiger partial charge is 0.256 e. The van der Waals surface area contributed by atoms with Gasteiger partial charge >= 0.3 is 0 Å². The van der Waals surface area contributed by atoms with Gasteiger partial charge in [-0.15, -0.1) is 0 Å². The molecule has 0 aliphatic carbocycles. The second-order valence-electron chi connectivity index (χ2n) is 4.37. The van der Waals surface area contributed by atoms with Gasteiger partial charge in [-0.3, -0.25) is 4.79 Å². The fraction of sp³-hybridized carbons (Fsp3) is 0.286. The zero-order valence-electron chi connectivity index (χ0n) is 11.0. The molecule has 5 heteroatoms. The Hall–Kier alpha value is -2.30. The molecule has 1 amide bonds. The fourth-order valence-corrected chi connectivity index (χ4v) is 1.75. The van der Waals surface area contributed by atoms with Crippen LogP contribution in [-0.2, 0) is 6.54 Å². The molecule has 0 atom stereocenters. The maximum atomic E-state index is 12.1. The van der Waals surface area contributed by atoms with Crippen LogP contribution in [0.3, 0.4) is 0 Å². The third-order valence-electron chi connectivity index (χ3n) is 2.85. The Morgan fingerprint density at radius 3 is 2.74 bits per heavy atom. The van der Waals surface area contributed by atoms with E-state index in [2.05, 4.69) is 17.3 Å². The first-order chi connectivity index (χ1) is 9.20. The van der Waals surface area contributed by atoms with Crippen LogP contribution in [0.15, 0.2) is 36.5 Å². The minimum absolute atomic E-state index is 0.154. The monoisotopic (exact) mass is 258 g/mol. The summed E-state index contributed by atoms with van der Waals surface area (Å²) in [6.45, 7) is 2.93. The van der Waals surface area contributed by atoms with Crippen molar-refractivity contribution in [2.45, 2.75) is 26.3 Å². The van der Waals surface area contributed by atoms with Crippen molar-refractivity contribution in [3.05, 3.63) is 42.1 Å². The third-order valence-corrected chi connectivity index (χ3v) is 2.85. The van der Waals surface area contributed by atoms with Gasteiger partial charge in [-0.05, 0) is 30.7 Å². The van der Waals surface area contributed by atoms with Gasteiger partial charge in [0.2, 0.25) is 0 Å². The Labute approximate surface area is 112 Å². The van der Waals surface area contributed by atoms with Gasteiger partial charge in [-0.25, -0.2) is 4.68 Å². The zero-order valence-corrected chi connectivity index (χ0v) is 11.0. The quantitative estimate of drug-likeness (QED) is 0.809. The number of nitrogen functional groups attached to an aromatic ring is 1. The number of nitrogens with zero attached hydrogens (tertiary/aromatic N) is 2.